The van der Waals surface area contributed by atoms with E-state index in [1.54, 1.807) is 24.5 Å². The molecule has 0 spiro atoms. The quantitative estimate of drug-likeness (QED) is 0.568. The Balaban J connectivity index is 1.60. The number of rotatable bonds is 7. The standard InChI is InChI=1S/C14H18N4O2/c19-12-4-1-3-11(9-12)14(20)18-6-2-5-15-10-13-16-7-8-17-13/h1,3-4,7-9,15,19H,2,5-6,10H2,(H,16,17)(H,18,20). The van der Waals surface area contributed by atoms with Gasteiger partial charge in [0.05, 0.1) is 6.54 Å². The molecule has 2 rings (SSSR count). The highest BCUT2D eigenvalue weighted by atomic mass is 16.3. The Morgan fingerprint density at radius 2 is 2.25 bits per heavy atom. The third-order valence-corrected chi connectivity index (χ3v) is 2.77. The van der Waals surface area contributed by atoms with Crippen LogP contribution in [-0.4, -0.2) is 34.1 Å². The van der Waals surface area contributed by atoms with Gasteiger partial charge in [0.2, 0.25) is 0 Å². The molecule has 1 aromatic heterocycles. The van der Waals surface area contributed by atoms with Gasteiger partial charge in [-0.05, 0) is 31.2 Å². The maximum Gasteiger partial charge on any atom is 0.251 e. The van der Waals surface area contributed by atoms with Gasteiger partial charge in [-0.1, -0.05) is 6.07 Å². The van der Waals surface area contributed by atoms with Gasteiger partial charge in [0.1, 0.15) is 11.6 Å². The molecule has 1 aromatic carbocycles. The summed E-state index contributed by atoms with van der Waals surface area (Å²) in [5, 5.41) is 15.3. The smallest absolute Gasteiger partial charge is 0.251 e. The molecule has 0 aliphatic rings. The van der Waals surface area contributed by atoms with Gasteiger partial charge < -0.3 is 20.7 Å². The van der Waals surface area contributed by atoms with Crippen LogP contribution in [0.2, 0.25) is 0 Å². The number of imidazole rings is 1. The van der Waals surface area contributed by atoms with Crippen LogP contribution in [0.15, 0.2) is 36.7 Å². The van der Waals surface area contributed by atoms with E-state index in [0.29, 0.717) is 18.7 Å². The predicted octanol–water partition coefficient (Wildman–Crippen LogP) is 1.02. The van der Waals surface area contributed by atoms with E-state index in [0.717, 1.165) is 18.8 Å². The number of hydrogen-bond donors (Lipinski definition) is 4. The molecule has 0 radical (unpaired) electrons. The summed E-state index contributed by atoms with van der Waals surface area (Å²) in [5.74, 6) is 0.818. The van der Waals surface area contributed by atoms with Gasteiger partial charge in [-0.3, -0.25) is 4.79 Å². The molecular formula is C14H18N4O2. The van der Waals surface area contributed by atoms with Crippen LogP contribution >= 0.6 is 0 Å². The summed E-state index contributed by atoms with van der Waals surface area (Å²) >= 11 is 0. The van der Waals surface area contributed by atoms with Crippen LogP contribution in [0.5, 0.6) is 5.75 Å². The Morgan fingerprint density at radius 1 is 1.35 bits per heavy atom. The van der Waals surface area contributed by atoms with Crippen LogP contribution in [0.1, 0.15) is 22.6 Å². The molecule has 0 saturated heterocycles. The van der Waals surface area contributed by atoms with Crippen LogP contribution in [-0.2, 0) is 6.54 Å². The number of aromatic nitrogens is 2. The SMILES string of the molecule is O=C(NCCCNCc1ncc[nH]1)c1cccc(O)c1. The van der Waals surface area contributed by atoms with Crippen LogP contribution in [0.25, 0.3) is 0 Å². The van der Waals surface area contributed by atoms with Crippen LogP contribution in [0.3, 0.4) is 0 Å². The van der Waals surface area contributed by atoms with Crippen LogP contribution < -0.4 is 10.6 Å². The van der Waals surface area contributed by atoms with Crippen LogP contribution in [0.4, 0.5) is 0 Å². The molecular weight excluding hydrogens is 256 g/mol. The van der Waals surface area contributed by atoms with Crippen molar-refractivity contribution in [2.45, 2.75) is 13.0 Å². The van der Waals surface area contributed by atoms with Crippen molar-refractivity contribution in [2.75, 3.05) is 13.1 Å². The lowest BCUT2D eigenvalue weighted by Crippen LogP contribution is -2.27. The first-order valence-electron chi connectivity index (χ1n) is 6.52. The third kappa shape index (κ3) is 4.40. The summed E-state index contributed by atoms with van der Waals surface area (Å²) in [5.41, 5.74) is 0.466. The lowest BCUT2D eigenvalue weighted by molar-refractivity contribution is 0.0953. The van der Waals surface area contributed by atoms with E-state index in [9.17, 15) is 9.90 Å². The van der Waals surface area contributed by atoms with Crippen molar-refractivity contribution in [1.82, 2.24) is 20.6 Å². The lowest BCUT2D eigenvalue weighted by Gasteiger charge is -2.06. The van der Waals surface area contributed by atoms with Crippen molar-refractivity contribution in [3.63, 3.8) is 0 Å². The topological polar surface area (TPSA) is 90.0 Å². The Bertz CT molecular complexity index is 540. The number of nitrogens with zero attached hydrogens (tertiary/aromatic N) is 1. The highest BCUT2D eigenvalue weighted by Gasteiger charge is 2.04. The average molecular weight is 274 g/mol. The lowest BCUT2D eigenvalue weighted by atomic mass is 10.2. The predicted molar refractivity (Wildman–Crippen MR) is 75.4 cm³/mol. The van der Waals surface area contributed by atoms with Gasteiger partial charge in [-0.15, -0.1) is 0 Å². The summed E-state index contributed by atoms with van der Waals surface area (Å²) in [6, 6.07) is 6.30. The van der Waals surface area contributed by atoms with Gasteiger partial charge in [-0.2, -0.15) is 0 Å². The summed E-state index contributed by atoms with van der Waals surface area (Å²) in [6.45, 7) is 2.06. The molecule has 4 N–H and O–H groups in total. The van der Waals surface area contributed by atoms with Crippen molar-refractivity contribution in [3.05, 3.63) is 48.0 Å². The van der Waals surface area contributed by atoms with Gasteiger partial charge in [0.15, 0.2) is 0 Å². The van der Waals surface area contributed by atoms with E-state index in [4.69, 9.17) is 0 Å². The molecule has 1 heterocycles. The first kappa shape index (κ1) is 14.1. The highest BCUT2D eigenvalue weighted by Crippen LogP contribution is 2.10. The first-order valence-corrected chi connectivity index (χ1v) is 6.52. The number of carbonyl (C=O) groups excluding carboxylic acids is 1. The fourth-order valence-electron chi connectivity index (χ4n) is 1.77. The zero-order valence-corrected chi connectivity index (χ0v) is 11.1. The number of phenols is 1. The van der Waals surface area contributed by atoms with E-state index in [1.807, 2.05) is 0 Å². The molecule has 20 heavy (non-hydrogen) atoms. The number of hydrogen-bond acceptors (Lipinski definition) is 4. The van der Waals surface area contributed by atoms with Crippen molar-refractivity contribution < 1.29 is 9.90 Å². The number of nitrogens with one attached hydrogen (secondary N) is 3. The number of aromatic amines is 1. The molecule has 106 valence electrons. The van der Waals surface area contributed by atoms with Gasteiger partial charge >= 0.3 is 0 Å². The molecule has 6 heteroatoms. The summed E-state index contributed by atoms with van der Waals surface area (Å²) in [4.78, 5) is 18.9. The number of benzene rings is 1. The Hall–Kier alpha value is -2.34. The molecule has 0 aliphatic carbocycles. The molecule has 6 nitrogen and oxygen atoms in total. The monoisotopic (exact) mass is 274 g/mol. The molecule has 0 aliphatic heterocycles. The minimum Gasteiger partial charge on any atom is -0.508 e. The minimum atomic E-state index is -0.174. The Kier molecular flexibility index (Phi) is 5.14. The molecule has 0 bridgehead atoms. The number of carbonyl (C=O) groups is 1. The fourth-order valence-corrected chi connectivity index (χ4v) is 1.77. The second-order valence-electron chi connectivity index (χ2n) is 4.37. The van der Waals surface area contributed by atoms with E-state index < -0.39 is 0 Å². The summed E-state index contributed by atoms with van der Waals surface area (Å²) < 4.78 is 0. The van der Waals surface area contributed by atoms with Gasteiger partial charge in [0.25, 0.3) is 5.91 Å². The van der Waals surface area contributed by atoms with E-state index in [2.05, 4.69) is 20.6 Å². The maximum atomic E-state index is 11.8. The zero-order chi connectivity index (χ0) is 14.2. The Labute approximate surface area is 117 Å². The number of H-pyrrole nitrogens is 1. The maximum absolute atomic E-state index is 11.8. The summed E-state index contributed by atoms with van der Waals surface area (Å²) in [7, 11) is 0. The Morgan fingerprint density at radius 3 is 3.00 bits per heavy atom. The van der Waals surface area contributed by atoms with E-state index in [-0.39, 0.29) is 11.7 Å². The van der Waals surface area contributed by atoms with Crippen molar-refractivity contribution in [1.29, 1.82) is 0 Å². The third-order valence-electron chi connectivity index (χ3n) is 2.77. The molecule has 1 amide bonds. The average Bonchev–Trinajstić information content (AvgIpc) is 2.95. The molecule has 0 fully saturated rings. The fraction of sp³-hybridized carbons (Fsp3) is 0.286. The molecule has 0 unspecified atom stereocenters. The highest BCUT2D eigenvalue weighted by molar-refractivity contribution is 5.94. The molecule has 2 aromatic rings. The number of amides is 1. The number of aromatic hydroxyl groups is 1. The number of phenolic OH excluding ortho intramolecular Hbond substituents is 1. The largest absolute Gasteiger partial charge is 0.508 e. The summed E-state index contributed by atoms with van der Waals surface area (Å²) in [6.07, 6.45) is 4.32. The molecule has 0 saturated carbocycles. The molecule has 0 atom stereocenters. The van der Waals surface area contributed by atoms with Gasteiger partial charge in [0, 0.05) is 24.5 Å². The zero-order valence-electron chi connectivity index (χ0n) is 11.1. The van der Waals surface area contributed by atoms with Crippen molar-refractivity contribution in [3.8, 4) is 5.75 Å². The second kappa shape index (κ2) is 7.30. The van der Waals surface area contributed by atoms with Gasteiger partial charge in [-0.25, -0.2) is 4.98 Å². The first-order chi connectivity index (χ1) is 9.75. The van der Waals surface area contributed by atoms with Crippen molar-refractivity contribution in [2.24, 2.45) is 0 Å². The second-order valence-corrected chi connectivity index (χ2v) is 4.37. The van der Waals surface area contributed by atoms with E-state index in [1.165, 1.54) is 12.1 Å². The van der Waals surface area contributed by atoms with Crippen molar-refractivity contribution >= 4 is 5.91 Å². The minimum absolute atomic E-state index is 0.0952. The van der Waals surface area contributed by atoms with E-state index >= 15 is 0 Å². The normalized spacial score (nSPS) is 10.4. The van der Waals surface area contributed by atoms with Crippen LogP contribution in [0, 0.1) is 0 Å².